The van der Waals surface area contributed by atoms with Crippen LogP contribution >= 0.6 is 0 Å². The van der Waals surface area contributed by atoms with E-state index in [-0.39, 0.29) is 11.7 Å². The summed E-state index contributed by atoms with van der Waals surface area (Å²) in [6, 6.07) is 15.9. The molecule has 31 heavy (non-hydrogen) atoms. The first kappa shape index (κ1) is 20.2. The van der Waals surface area contributed by atoms with Gasteiger partial charge in [0.1, 0.15) is 17.3 Å². The van der Waals surface area contributed by atoms with Gasteiger partial charge in [-0.3, -0.25) is 4.79 Å². The number of phenols is 1. The number of aromatic nitrogens is 2. The molecule has 0 saturated heterocycles. The Balaban J connectivity index is 1.48. The van der Waals surface area contributed by atoms with Crippen molar-refractivity contribution in [2.75, 3.05) is 7.11 Å². The Morgan fingerprint density at radius 2 is 1.84 bits per heavy atom. The van der Waals surface area contributed by atoms with E-state index < -0.39 is 0 Å². The number of nitrogens with zero attached hydrogens (tertiary/aromatic N) is 2. The molecule has 1 heterocycles. The molecule has 0 aliphatic heterocycles. The van der Waals surface area contributed by atoms with E-state index in [1.807, 2.05) is 12.1 Å². The van der Waals surface area contributed by atoms with Gasteiger partial charge in [0, 0.05) is 16.7 Å². The van der Waals surface area contributed by atoms with Gasteiger partial charge in [-0.25, -0.2) is 10.4 Å². The van der Waals surface area contributed by atoms with Gasteiger partial charge >= 0.3 is 0 Å². The molecular formula is C24H22N4O3. The molecule has 0 aliphatic rings. The number of hydrogen-bond acceptors (Lipinski definition) is 5. The molecule has 1 amide bonds. The van der Waals surface area contributed by atoms with Crippen LogP contribution in [0, 0.1) is 13.8 Å². The summed E-state index contributed by atoms with van der Waals surface area (Å²) in [6.45, 7) is 4.14. The molecule has 0 aliphatic carbocycles. The molecule has 0 atom stereocenters. The summed E-state index contributed by atoms with van der Waals surface area (Å²) >= 11 is 0. The number of rotatable bonds is 5. The summed E-state index contributed by atoms with van der Waals surface area (Å²) in [5.41, 5.74) is 8.68. The van der Waals surface area contributed by atoms with E-state index in [1.54, 1.807) is 18.2 Å². The molecule has 0 unspecified atom stereocenters. The van der Waals surface area contributed by atoms with Crippen LogP contribution in [-0.2, 0) is 0 Å². The molecule has 3 aromatic carbocycles. The molecule has 0 bridgehead atoms. The highest BCUT2D eigenvalue weighted by Gasteiger charge is 2.09. The maximum absolute atomic E-state index is 12.4. The number of methoxy groups -OCH3 is 1. The van der Waals surface area contributed by atoms with Crippen molar-refractivity contribution in [1.29, 1.82) is 0 Å². The number of carbonyl (C=O) groups is 1. The van der Waals surface area contributed by atoms with Crippen LogP contribution in [0.1, 0.15) is 27.0 Å². The van der Waals surface area contributed by atoms with E-state index in [1.165, 1.54) is 36.6 Å². The van der Waals surface area contributed by atoms with Crippen molar-refractivity contribution in [1.82, 2.24) is 15.4 Å². The van der Waals surface area contributed by atoms with Gasteiger partial charge in [0.2, 0.25) is 0 Å². The van der Waals surface area contributed by atoms with Crippen LogP contribution in [0.3, 0.4) is 0 Å². The third kappa shape index (κ3) is 4.25. The van der Waals surface area contributed by atoms with Crippen LogP contribution < -0.4 is 10.2 Å². The van der Waals surface area contributed by atoms with Crippen molar-refractivity contribution >= 4 is 23.2 Å². The number of fused-ring (bicyclic) bond motifs is 1. The highest BCUT2D eigenvalue weighted by molar-refractivity contribution is 5.95. The molecule has 0 saturated carbocycles. The second kappa shape index (κ2) is 8.31. The topological polar surface area (TPSA) is 99.6 Å². The standard InChI is InChI=1S/C24H22N4O3/c1-14-10-20-21(11-15(14)2)27-23(26-20)16-4-6-17(7-5-16)24(30)28-25-13-18-12-19(29)8-9-22(18)31-3/h4-13,29H,1-3H3,(H,26,27)(H,28,30)/b25-13+. The molecule has 1 aromatic heterocycles. The number of hydrogen-bond donors (Lipinski definition) is 3. The first-order chi connectivity index (χ1) is 14.9. The van der Waals surface area contributed by atoms with Gasteiger partial charge in [-0.1, -0.05) is 12.1 Å². The van der Waals surface area contributed by atoms with E-state index in [0.717, 1.165) is 22.4 Å². The number of aromatic amines is 1. The minimum absolute atomic E-state index is 0.0834. The van der Waals surface area contributed by atoms with Gasteiger partial charge in [0.05, 0.1) is 24.4 Å². The Bertz CT molecular complexity index is 1250. The lowest BCUT2D eigenvalue weighted by atomic mass is 10.1. The fourth-order valence-corrected chi connectivity index (χ4v) is 3.23. The Hall–Kier alpha value is -4.13. The summed E-state index contributed by atoms with van der Waals surface area (Å²) in [7, 11) is 1.52. The van der Waals surface area contributed by atoms with Crippen molar-refractivity contribution in [3.8, 4) is 22.9 Å². The summed E-state index contributed by atoms with van der Waals surface area (Å²) in [6.07, 6.45) is 1.42. The van der Waals surface area contributed by atoms with Crippen molar-refractivity contribution in [2.24, 2.45) is 5.10 Å². The fraction of sp³-hybridized carbons (Fsp3) is 0.125. The zero-order valence-electron chi connectivity index (χ0n) is 17.4. The SMILES string of the molecule is COc1ccc(O)cc1/C=N/NC(=O)c1ccc(-c2nc3cc(C)c(C)cc3[nH]2)cc1. The van der Waals surface area contributed by atoms with Crippen LogP contribution in [0.2, 0.25) is 0 Å². The Morgan fingerprint density at radius 1 is 1.10 bits per heavy atom. The maximum Gasteiger partial charge on any atom is 0.271 e. The predicted octanol–water partition coefficient (Wildman–Crippen LogP) is 4.32. The molecule has 7 nitrogen and oxygen atoms in total. The molecule has 156 valence electrons. The Morgan fingerprint density at radius 3 is 2.58 bits per heavy atom. The van der Waals surface area contributed by atoms with Crippen LogP contribution in [0.25, 0.3) is 22.4 Å². The monoisotopic (exact) mass is 414 g/mol. The number of hydrazone groups is 1. The highest BCUT2D eigenvalue weighted by atomic mass is 16.5. The number of aryl methyl sites for hydroxylation is 2. The number of amides is 1. The van der Waals surface area contributed by atoms with Crippen molar-refractivity contribution < 1.29 is 14.6 Å². The number of imidazole rings is 1. The van der Waals surface area contributed by atoms with Gasteiger partial charge in [-0.15, -0.1) is 0 Å². The second-order valence-corrected chi connectivity index (χ2v) is 7.24. The molecule has 7 heteroatoms. The van der Waals surface area contributed by atoms with E-state index in [9.17, 15) is 9.90 Å². The van der Waals surface area contributed by atoms with Gasteiger partial charge in [0.25, 0.3) is 5.91 Å². The molecule has 4 aromatic rings. The van der Waals surface area contributed by atoms with Gasteiger partial charge in [0.15, 0.2) is 0 Å². The first-order valence-electron chi connectivity index (χ1n) is 9.72. The summed E-state index contributed by atoms with van der Waals surface area (Å²) in [5, 5.41) is 13.6. The Kier molecular flexibility index (Phi) is 5.41. The van der Waals surface area contributed by atoms with E-state index in [4.69, 9.17) is 4.74 Å². The lowest BCUT2D eigenvalue weighted by Crippen LogP contribution is -2.17. The smallest absolute Gasteiger partial charge is 0.271 e. The average Bonchev–Trinajstić information content (AvgIpc) is 3.17. The lowest BCUT2D eigenvalue weighted by molar-refractivity contribution is 0.0955. The zero-order chi connectivity index (χ0) is 22.0. The van der Waals surface area contributed by atoms with Crippen molar-refractivity contribution in [3.63, 3.8) is 0 Å². The normalized spacial score (nSPS) is 11.2. The van der Waals surface area contributed by atoms with E-state index in [0.29, 0.717) is 16.9 Å². The molecular weight excluding hydrogens is 392 g/mol. The number of nitrogens with one attached hydrogen (secondary N) is 2. The fourth-order valence-electron chi connectivity index (χ4n) is 3.23. The Labute approximate surface area is 179 Å². The average molecular weight is 414 g/mol. The highest BCUT2D eigenvalue weighted by Crippen LogP contribution is 2.24. The molecule has 0 radical (unpaired) electrons. The van der Waals surface area contributed by atoms with Gasteiger partial charge < -0.3 is 14.8 Å². The maximum atomic E-state index is 12.4. The minimum Gasteiger partial charge on any atom is -0.508 e. The van der Waals surface area contributed by atoms with Gasteiger partial charge in [-0.05, 0) is 67.4 Å². The third-order valence-electron chi connectivity index (χ3n) is 5.10. The number of carbonyl (C=O) groups excluding carboxylic acids is 1. The molecule has 0 fully saturated rings. The number of aromatic hydroxyl groups is 1. The van der Waals surface area contributed by atoms with Crippen molar-refractivity contribution in [2.45, 2.75) is 13.8 Å². The lowest BCUT2D eigenvalue weighted by Gasteiger charge is -2.05. The minimum atomic E-state index is -0.349. The van der Waals surface area contributed by atoms with Gasteiger partial charge in [-0.2, -0.15) is 5.10 Å². The number of H-pyrrole nitrogens is 1. The van der Waals surface area contributed by atoms with Crippen LogP contribution in [0.15, 0.2) is 59.7 Å². The van der Waals surface area contributed by atoms with Crippen LogP contribution in [0.5, 0.6) is 11.5 Å². The molecule has 4 rings (SSSR count). The summed E-state index contributed by atoms with van der Waals surface area (Å²) < 4.78 is 5.21. The number of phenolic OH excluding ortho intramolecular Hbond substituents is 1. The molecule has 0 spiro atoms. The zero-order valence-corrected chi connectivity index (χ0v) is 17.4. The largest absolute Gasteiger partial charge is 0.508 e. The quantitative estimate of drug-likeness (QED) is 0.334. The van der Waals surface area contributed by atoms with E-state index >= 15 is 0 Å². The number of benzene rings is 3. The second-order valence-electron chi connectivity index (χ2n) is 7.24. The number of ether oxygens (including phenoxy) is 1. The van der Waals surface area contributed by atoms with Crippen LogP contribution in [-0.4, -0.2) is 34.3 Å². The first-order valence-corrected chi connectivity index (χ1v) is 9.72. The third-order valence-corrected chi connectivity index (χ3v) is 5.10. The molecule has 3 N–H and O–H groups in total. The summed E-state index contributed by atoms with van der Waals surface area (Å²) in [4.78, 5) is 20.4. The van der Waals surface area contributed by atoms with E-state index in [2.05, 4.69) is 46.5 Å². The summed E-state index contributed by atoms with van der Waals surface area (Å²) in [5.74, 6) is 1.02. The predicted molar refractivity (Wildman–Crippen MR) is 121 cm³/mol. The van der Waals surface area contributed by atoms with Crippen molar-refractivity contribution in [3.05, 3.63) is 76.9 Å². The van der Waals surface area contributed by atoms with Crippen LogP contribution in [0.4, 0.5) is 0 Å².